The first kappa shape index (κ1) is 25.6. The Morgan fingerprint density at radius 2 is 1.69 bits per heavy atom. The Kier molecular flexibility index (Phi) is 8.39. The summed E-state index contributed by atoms with van der Waals surface area (Å²) in [6.45, 7) is -2.93. The number of thiocarbonyl (C=S) groups is 1. The van der Waals surface area contributed by atoms with Gasteiger partial charge in [0.2, 0.25) is 0 Å². The van der Waals surface area contributed by atoms with Crippen molar-refractivity contribution in [2.75, 3.05) is 17.1 Å². The van der Waals surface area contributed by atoms with Crippen molar-refractivity contribution >= 4 is 44.6 Å². The number of methoxy groups -OCH3 is 1. The van der Waals surface area contributed by atoms with Crippen molar-refractivity contribution in [2.24, 2.45) is 0 Å². The summed E-state index contributed by atoms with van der Waals surface area (Å²) in [7, 11) is -2.59. The van der Waals surface area contributed by atoms with Crippen LogP contribution in [0.1, 0.15) is 10.4 Å². The van der Waals surface area contributed by atoms with Crippen LogP contribution in [0.2, 0.25) is 0 Å². The van der Waals surface area contributed by atoms with Crippen LogP contribution in [-0.4, -0.2) is 33.2 Å². The Bertz CT molecular complexity index is 1310. The van der Waals surface area contributed by atoms with Gasteiger partial charge >= 0.3 is 6.61 Å². The molecule has 4 N–H and O–H groups in total. The Labute approximate surface area is 205 Å². The molecule has 0 heterocycles. The van der Waals surface area contributed by atoms with Crippen LogP contribution in [-0.2, 0) is 10.0 Å². The van der Waals surface area contributed by atoms with E-state index >= 15 is 0 Å². The normalized spacial score (nSPS) is 10.9. The monoisotopic (exact) mass is 522 g/mol. The molecule has 35 heavy (non-hydrogen) atoms. The predicted molar refractivity (Wildman–Crippen MR) is 130 cm³/mol. The molecular formula is C22H20F2N4O5S2. The third-order valence-corrected chi connectivity index (χ3v) is 5.95. The molecule has 0 saturated heterocycles. The zero-order chi connectivity index (χ0) is 25.4. The number of hydrogen-bond acceptors (Lipinski definition) is 6. The number of sulfonamides is 1. The maximum Gasteiger partial charge on any atom is 0.387 e. The average molecular weight is 523 g/mol. The molecule has 3 aromatic rings. The van der Waals surface area contributed by atoms with Gasteiger partial charge in [-0.15, -0.1) is 0 Å². The maximum atomic E-state index is 12.8. The lowest BCUT2D eigenvalue weighted by molar-refractivity contribution is -0.0498. The molecule has 0 aliphatic rings. The fourth-order valence-electron chi connectivity index (χ4n) is 2.80. The highest BCUT2D eigenvalue weighted by Gasteiger charge is 2.18. The second-order valence-electron chi connectivity index (χ2n) is 6.77. The summed E-state index contributed by atoms with van der Waals surface area (Å²) < 4.78 is 61.9. The van der Waals surface area contributed by atoms with E-state index in [2.05, 4.69) is 25.6 Å². The van der Waals surface area contributed by atoms with Crippen LogP contribution < -0.4 is 30.4 Å². The Balaban J connectivity index is 1.60. The number of para-hydroxylation sites is 2. The van der Waals surface area contributed by atoms with Gasteiger partial charge in [0.05, 0.1) is 17.7 Å². The minimum atomic E-state index is -4.01. The molecule has 3 aromatic carbocycles. The van der Waals surface area contributed by atoms with Gasteiger partial charge in [-0.05, 0) is 66.8 Å². The SMILES string of the molecule is COc1ccccc1NS(=O)(=O)c1cccc(C(=O)NNC(=S)Nc2ccc(OC(F)F)cc2)c1. The van der Waals surface area contributed by atoms with Gasteiger partial charge in [-0.2, -0.15) is 8.78 Å². The summed E-state index contributed by atoms with van der Waals surface area (Å²) in [4.78, 5) is 12.4. The summed E-state index contributed by atoms with van der Waals surface area (Å²) in [6.07, 6.45) is 0. The topological polar surface area (TPSA) is 118 Å². The standard InChI is InChI=1S/C22H20F2N4O5S2/c1-32-19-8-3-2-7-18(19)28-35(30,31)17-6-4-5-14(13-17)20(29)26-27-22(34)25-15-9-11-16(12-10-15)33-21(23)24/h2-13,21,28H,1H3,(H,26,29)(H2,25,27,34). The van der Waals surface area contributed by atoms with E-state index in [4.69, 9.17) is 17.0 Å². The lowest BCUT2D eigenvalue weighted by Gasteiger charge is -2.13. The quantitative estimate of drug-likeness (QED) is 0.261. The van der Waals surface area contributed by atoms with E-state index in [-0.39, 0.29) is 27.0 Å². The highest BCUT2D eigenvalue weighted by Crippen LogP contribution is 2.26. The molecule has 184 valence electrons. The summed E-state index contributed by atoms with van der Waals surface area (Å²) in [5, 5.41) is 2.75. The molecule has 0 unspecified atom stereocenters. The zero-order valence-corrected chi connectivity index (χ0v) is 19.8. The number of carbonyl (C=O) groups excluding carboxylic acids is 1. The van der Waals surface area contributed by atoms with E-state index in [1.165, 1.54) is 55.6 Å². The van der Waals surface area contributed by atoms with Gasteiger partial charge in [-0.1, -0.05) is 18.2 Å². The number of hydrazine groups is 1. The lowest BCUT2D eigenvalue weighted by atomic mass is 10.2. The van der Waals surface area contributed by atoms with Crippen LogP contribution in [0.4, 0.5) is 20.2 Å². The number of anilines is 2. The fourth-order valence-corrected chi connectivity index (χ4v) is 4.09. The Morgan fingerprint density at radius 3 is 2.37 bits per heavy atom. The highest BCUT2D eigenvalue weighted by molar-refractivity contribution is 7.92. The van der Waals surface area contributed by atoms with E-state index in [9.17, 15) is 22.0 Å². The molecule has 0 saturated carbocycles. The van der Waals surface area contributed by atoms with Gasteiger partial charge in [0.1, 0.15) is 11.5 Å². The van der Waals surface area contributed by atoms with Gasteiger partial charge in [0.15, 0.2) is 5.11 Å². The number of ether oxygens (including phenoxy) is 2. The zero-order valence-electron chi connectivity index (χ0n) is 18.1. The summed E-state index contributed by atoms with van der Waals surface area (Å²) in [5.74, 6) is -0.330. The van der Waals surface area contributed by atoms with Crippen molar-refractivity contribution in [3.05, 3.63) is 78.4 Å². The second-order valence-corrected chi connectivity index (χ2v) is 8.86. The van der Waals surface area contributed by atoms with Crippen molar-refractivity contribution < 1.29 is 31.5 Å². The molecular weight excluding hydrogens is 502 g/mol. The van der Waals surface area contributed by atoms with Gasteiger partial charge in [0, 0.05) is 11.3 Å². The predicted octanol–water partition coefficient (Wildman–Crippen LogP) is 3.73. The molecule has 0 aliphatic carbocycles. The summed E-state index contributed by atoms with van der Waals surface area (Å²) in [5.41, 5.74) is 5.58. The van der Waals surface area contributed by atoms with Crippen LogP contribution in [0.3, 0.4) is 0 Å². The molecule has 13 heteroatoms. The number of benzene rings is 3. The first-order valence-corrected chi connectivity index (χ1v) is 11.7. The van der Waals surface area contributed by atoms with Gasteiger partial charge in [-0.3, -0.25) is 20.4 Å². The molecule has 0 spiro atoms. The van der Waals surface area contributed by atoms with Gasteiger partial charge < -0.3 is 14.8 Å². The Hall–Kier alpha value is -3.97. The van der Waals surface area contributed by atoms with Crippen LogP contribution in [0.5, 0.6) is 11.5 Å². The third kappa shape index (κ3) is 7.25. The molecule has 0 fully saturated rings. The summed E-state index contributed by atoms with van der Waals surface area (Å²) in [6, 6.07) is 17.4. The second kappa shape index (κ2) is 11.4. The fraction of sp³-hybridized carbons (Fsp3) is 0.0909. The summed E-state index contributed by atoms with van der Waals surface area (Å²) >= 11 is 5.08. The van der Waals surface area contributed by atoms with Gasteiger partial charge in [0.25, 0.3) is 15.9 Å². The molecule has 0 aliphatic heterocycles. The number of nitrogens with one attached hydrogen (secondary N) is 4. The largest absolute Gasteiger partial charge is 0.495 e. The number of carbonyl (C=O) groups is 1. The van der Waals surface area contributed by atoms with Crippen molar-refractivity contribution in [3.63, 3.8) is 0 Å². The number of halogens is 2. The van der Waals surface area contributed by atoms with E-state index in [0.29, 0.717) is 11.4 Å². The van der Waals surface area contributed by atoms with Crippen molar-refractivity contribution in [2.45, 2.75) is 11.5 Å². The smallest absolute Gasteiger partial charge is 0.387 e. The molecule has 1 amide bonds. The van der Waals surface area contributed by atoms with Crippen molar-refractivity contribution in [1.29, 1.82) is 0 Å². The van der Waals surface area contributed by atoms with Crippen LogP contribution >= 0.6 is 12.2 Å². The lowest BCUT2D eigenvalue weighted by Crippen LogP contribution is -2.43. The van der Waals surface area contributed by atoms with Crippen molar-refractivity contribution in [3.8, 4) is 11.5 Å². The first-order chi connectivity index (χ1) is 16.7. The number of rotatable bonds is 8. The van der Waals surface area contributed by atoms with E-state index in [0.717, 1.165) is 0 Å². The molecule has 9 nitrogen and oxygen atoms in total. The maximum absolute atomic E-state index is 12.8. The van der Waals surface area contributed by atoms with Crippen LogP contribution in [0.15, 0.2) is 77.7 Å². The van der Waals surface area contributed by atoms with E-state index < -0.39 is 22.5 Å². The highest BCUT2D eigenvalue weighted by atomic mass is 32.2. The molecule has 0 aromatic heterocycles. The van der Waals surface area contributed by atoms with Crippen LogP contribution in [0, 0.1) is 0 Å². The van der Waals surface area contributed by atoms with Crippen LogP contribution in [0.25, 0.3) is 0 Å². The number of hydrogen-bond donors (Lipinski definition) is 4. The number of amides is 1. The molecule has 0 atom stereocenters. The van der Waals surface area contributed by atoms with E-state index in [1.807, 2.05) is 0 Å². The minimum Gasteiger partial charge on any atom is -0.495 e. The third-order valence-electron chi connectivity index (χ3n) is 4.38. The number of alkyl halides is 2. The molecule has 3 rings (SSSR count). The first-order valence-electron chi connectivity index (χ1n) is 9.86. The minimum absolute atomic E-state index is 0.00231. The average Bonchev–Trinajstić information content (AvgIpc) is 2.83. The molecule has 0 radical (unpaired) electrons. The van der Waals surface area contributed by atoms with E-state index in [1.54, 1.807) is 24.3 Å². The molecule has 0 bridgehead atoms. The van der Waals surface area contributed by atoms with Gasteiger partial charge in [-0.25, -0.2) is 8.42 Å². The van der Waals surface area contributed by atoms with Crippen molar-refractivity contribution in [1.82, 2.24) is 10.9 Å². The Morgan fingerprint density at radius 1 is 0.971 bits per heavy atom.